The predicted molar refractivity (Wildman–Crippen MR) is 173 cm³/mol. The average molecular weight is 576 g/mol. The van der Waals surface area contributed by atoms with E-state index in [1.54, 1.807) is 21.3 Å². The second kappa shape index (κ2) is 14.6. The van der Waals surface area contributed by atoms with Crippen LogP contribution in [0.15, 0.2) is 103 Å². The van der Waals surface area contributed by atoms with Crippen LogP contribution < -0.4 is 14.2 Å². The van der Waals surface area contributed by atoms with E-state index in [4.69, 9.17) is 19.2 Å². The molecule has 1 aromatic heterocycles. The van der Waals surface area contributed by atoms with Crippen LogP contribution in [0.4, 0.5) is 0 Å². The van der Waals surface area contributed by atoms with E-state index >= 15 is 0 Å². The fourth-order valence-corrected chi connectivity index (χ4v) is 5.44. The van der Waals surface area contributed by atoms with Crippen molar-refractivity contribution in [2.45, 2.75) is 45.9 Å². The minimum Gasteiger partial charge on any atom is -0.497 e. The number of hydrogen-bond acceptors (Lipinski definition) is 5. The number of nitrogens with zero attached hydrogens (tertiary/aromatic N) is 3. The minimum absolute atomic E-state index is 0.716. The molecule has 0 N–H and O–H groups in total. The molecule has 4 aromatic carbocycles. The van der Waals surface area contributed by atoms with Gasteiger partial charge in [0.1, 0.15) is 11.6 Å². The highest BCUT2D eigenvalue weighted by atomic mass is 16.5. The van der Waals surface area contributed by atoms with Crippen LogP contribution in [0.3, 0.4) is 0 Å². The predicted octanol–water partition coefficient (Wildman–Crippen LogP) is 8.25. The summed E-state index contributed by atoms with van der Waals surface area (Å²) in [6, 6.07) is 35.6. The van der Waals surface area contributed by atoms with Gasteiger partial charge >= 0.3 is 0 Å². The highest BCUT2D eigenvalue weighted by molar-refractivity contribution is 5.68. The quantitative estimate of drug-likeness (QED) is 0.133. The number of ether oxygens (including phenoxy) is 3. The van der Waals surface area contributed by atoms with Crippen molar-refractivity contribution in [2.24, 2.45) is 0 Å². The lowest BCUT2D eigenvalue weighted by Gasteiger charge is -2.25. The molecule has 0 aliphatic rings. The van der Waals surface area contributed by atoms with E-state index in [1.807, 2.05) is 18.2 Å². The summed E-state index contributed by atoms with van der Waals surface area (Å²) in [4.78, 5) is 7.80. The molecule has 0 fully saturated rings. The van der Waals surface area contributed by atoms with Gasteiger partial charge in [-0.2, -0.15) is 0 Å². The average Bonchev–Trinajstić information content (AvgIpc) is 3.42. The third kappa shape index (κ3) is 7.27. The van der Waals surface area contributed by atoms with E-state index in [9.17, 15) is 0 Å². The van der Waals surface area contributed by atoms with Crippen molar-refractivity contribution in [2.75, 3.05) is 21.3 Å². The van der Waals surface area contributed by atoms with Crippen LogP contribution in [0.1, 0.15) is 36.6 Å². The lowest BCUT2D eigenvalue weighted by Crippen LogP contribution is -2.24. The van der Waals surface area contributed by atoms with Gasteiger partial charge < -0.3 is 18.8 Å². The molecule has 5 rings (SSSR count). The fraction of sp³-hybridized carbons (Fsp3) is 0.270. The summed E-state index contributed by atoms with van der Waals surface area (Å²) < 4.78 is 19.0. The maximum atomic E-state index is 5.64. The Morgan fingerprint density at radius 3 is 1.91 bits per heavy atom. The second-order valence-corrected chi connectivity index (χ2v) is 10.7. The molecule has 0 unspecified atom stereocenters. The normalized spacial score (nSPS) is 11.1. The number of imidazole rings is 1. The Labute approximate surface area is 255 Å². The van der Waals surface area contributed by atoms with E-state index in [1.165, 1.54) is 11.3 Å². The van der Waals surface area contributed by atoms with Crippen LogP contribution in [-0.2, 0) is 26.2 Å². The van der Waals surface area contributed by atoms with Gasteiger partial charge in [0.2, 0.25) is 0 Å². The lowest BCUT2D eigenvalue weighted by atomic mass is 10.1. The number of rotatable bonds is 14. The molecule has 0 saturated carbocycles. The zero-order valence-corrected chi connectivity index (χ0v) is 25.6. The van der Waals surface area contributed by atoms with Crippen molar-refractivity contribution in [3.05, 3.63) is 120 Å². The van der Waals surface area contributed by atoms with Gasteiger partial charge in [0.15, 0.2) is 11.5 Å². The van der Waals surface area contributed by atoms with Gasteiger partial charge in [-0.15, -0.1) is 0 Å². The maximum absolute atomic E-state index is 5.64. The first-order chi connectivity index (χ1) is 21.1. The molecule has 0 aliphatic carbocycles. The van der Waals surface area contributed by atoms with E-state index in [0.717, 1.165) is 77.9 Å². The number of aromatic nitrogens is 2. The van der Waals surface area contributed by atoms with Gasteiger partial charge in [-0.05, 0) is 41.8 Å². The Balaban J connectivity index is 1.60. The number of benzene rings is 4. The largest absolute Gasteiger partial charge is 0.497 e. The molecule has 0 spiro atoms. The highest BCUT2D eigenvalue weighted by Crippen LogP contribution is 2.33. The monoisotopic (exact) mass is 575 g/mol. The molecule has 1 heterocycles. The molecular weight excluding hydrogens is 534 g/mol. The van der Waals surface area contributed by atoms with Crippen LogP contribution in [0.5, 0.6) is 17.2 Å². The van der Waals surface area contributed by atoms with Gasteiger partial charge in [0.05, 0.1) is 32.7 Å². The van der Waals surface area contributed by atoms with E-state index in [0.29, 0.717) is 6.54 Å². The van der Waals surface area contributed by atoms with Gasteiger partial charge in [0, 0.05) is 37.3 Å². The Morgan fingerprint density at radius 2 is 1.28 bits per heavy atom. The first-order valence-electron chi connectivity index (χ1n) is 14.9. The molecule has 6 heteroatoms. The lowest BCUT2D eigenvalue weighted by molar-refractivity contribution is 0.240. The number of methoxy groups -OCH3 is 3. The van der Waals surface area contributed by atoms with E-state index in [-0.39, 0.29) is 0 Å². The molecular formula is C37H41N3O3. The Morgan fingerprint density at radius 1 is 0.651 bits per heavy atom. The summed E-state index contributed by atoms with van der Waals surface area (Å²) in [5, 5.41) is 0. The van der Waals surface area contributed by atoms with Gasteiger partial charge in [-0.25, -0.2) is 4.98 Å². The van der Waals surface area contributed by atoms with Crippen molar-refractivity contribution in [1.29, 1.82) is 0 Å². The highest BCUT2D eigenvalue weighted by Gasteiger charge is 2.22. The van der Waals surface area contributed by atoms with Crippen LogP contribution in [0.2, 0.25) is 0 Å². The van der Waals surface area contributed by atoms with Crippen molar-refractivity contribution in [3.63, 3.8) is 0 Å². The molecule has 6 nitrogen and oxygen atoms in total. The topological polar surface area (TPSA) is 48.8 Å². The van der Waals surface area contributed by atoms with E-state index < -0.39 is 0 Å². The summed E-state index contributed by atoms with van der Waals surface area (Å²) in [7, 11) is 5.05. The zero-order chi connectivity index (χ0) is 30.0. The Kier molecular flexibility index (Phi) is 10.1. The summed E-state index contributed by atoms with van der Waals surface area (Å²) in [6.45, 7) is 5.34. The first kappa shape index (κ1) is 29.9. The van der Waals surface area contributed by atoms with Crippen LogP contribution in [0.25, 0.3) is 22.6 Å². The molecule has 0 bridgehead atoms. The fourth-order valence-electron chi connectivity index (χ4n) is 5.44. The molecule has 0 radical (unpaired) electrons. The SMILES string of the molecule is CCCCn1c(-c2ccccc2)nc(-c2ccccc2)c1CN(Cc1ccc(OC)cc1)Cc1ccc(OC)c(OC)c1. The molecule has 5 aromatic rings. The summed E-state index contributed by atoms with van der Waals surface area (Å²) in [5.41, 5.74) is 6.86. The van der Waals surface area contributed by atoms with Gasteiger partial charge in [-0.3, -0.25) is 4.90 Å². The molecule has 0 aliphatic heterocycles. The summed E-state index contributed by atoms with van der Waals surface area (Å²) in [5.74, 6) is 3.32. The van der Waals surface area contributed by atoms with Crippen LogP contribution in [0, 0.1) is 0 Å². The van der Waals surface area contributed by atoms with Gasteiger partial charge in [-0.1, -0.05) is 92.2 Å². The minimum atomic E-state index is 0.716. The summed E-state index contributed by atoms with van der Waals surface area (Å²) in [6.07, 6.45) is 2.18. The standard InChI is InChI=1S/C37H41N3O3/c1-5-6-23-40-33(36(30-13-9-7-10-14-30)38-37(40)31-15-11-8-12-16-31)27-39(25-28-17-20-32(41-2)21-18-28)26-29-19-22-34(42-3)35(24-29)43-4/h7-22,24H,5-6,23,25-27H2,1-4H3. The molecule has 43 heavy (non-hydrogen) atoms. The Hall–Kier alpha value is -4.55. The van der Waals surface area contributed by atoms with Crippen molar-refractivity contribution >= 4 is 0 Å². The molecule has 0 amide bonds. The molecule has 0 atom stereocenters. The summed E-state index contributed by atoms with van der Waals surface area (Å²) >= 11 is 0. The van der Waals surface area contributed by atoms with Crippen LogP contribution >= 0.6 is 0 Å². The van der Waals surface area contributed by atoms with Crippen molar-refractivity contribution in [1.82, 2.24) is 14.5 Å². The molecule has 0 saturated heterocycles. The van der Waals surface area contributed by atoms with Gasteiger partial charge in [0.25, 0.3) is 0 Å². The molecule has 222 valence electrons. The van der Waals surface area contributed by atoms with Crippen molar-refractivity contribution < 1.29 is 14.2 Å². The Bertz CT molecular complexity index is 1580. The number of hydrogen-bond donors (Lipinski definition) is 0. The third-order valence-electron chi connectivity index (χ3n) is 7.68. The third-order valence-corrected chi connectivity index (χ3v) is 7.68. The van der Waals surface area contributed by atoms with Crippen LogP contribution in [-0.4, -0.2) is 35.8 Å². The van der Waals surface area contributed by atoms with E-state index in [2.05, 4.69) is 101 Å². The maximum Gasteiger partial charge on any atom is 0.161 e. The van der Waals surface area contributed by atoms with Crippen molar-refractivity contribution in [3.8, 4) is 39.9 Å². The second-order valence-electron chi connectivity index (χ2n) is 10.7. The smallest absolute Gasteiger partial charge is 0.161 e. The zero-order valence-electron chi connectivity index (χ0n) is 25.6. The first-order valence-corrected chi connectivity index (χ1v) is 14.9. The number of unbranched alkanes of at least 4 members (excludes halogenated alkanes) is 1.